The molecule has 0 unspecified atom stereocenters. The average Bonchev–Trinajstić information content (AvgIpc) is 2.89. The Kier molecular flexibility index (Phi) is 12.3. The van der Waals surface area contributed by atoms with Gasteiger partial charge in [0.15, 0.2) is 0 Å². The number of rotatable bonds is 14. The minimum atomic E-state index is -1.00. The number of amides is 3. The highest BCUT2D eigenvalue weighted by Gasteiger charge is 2.29. The summed E-state index contributed by atoms with van der Waals surface area (Å²) in [4.78, 5) is 50.2. The second-order valence-electron chi connectivity index (χ2n) is 9.09. The van der Waals surface area contributed by atoms with Gasteiger partial charge in [0.2, 0.25) is 11.8 Å². The fourth-order valence-corrected chi connectivity index (χ4v) is 3.62. The van der Waals surface area contributed by atoms with Crippen molar-refractivity contribution in [2.45, 2.75) is 64.3 Å². The minimum absolute atomic E-state index is 0.0531. The van der Waals surface area contributed by atoms with Gasteiger partial charge in [-0.15, -0.1) is 0 Å². The van der Waals surface area contributed by atoms with E-state index in [2.05, 4.69) is 16.0 Å². The Labute approximate surface area is 217 Å². The van der Waals surface area contributed by atoms with E-state index in [1.54, 1.807) is 0 Å². The smallest absolute Gasteiger partial charge is 0.408 e. The molecule has 0 spiro atoms. The SMILES string of the molecule is CC(C)C[C@H](NC(=O)OCc1ccccc1)C(=O)N[C@@H](Cc1ccccc1)C(=O)N[C@H](C=O)CCC#N. The molecular weight excluding hydrogens is 472 g/mol. The maximum Gasteiger partial charge on any atom is 0.408 e. The van der Waals surface area contributed by atoms with E-state index in [1.807, 2.05) is 80.6 Å². The van der Waals surface area contributed by atoms with E-state index in [4.69, 9.17) is 10.00 Å². The van der Waals surface area contributed by atoms with Crippen molar-refractivity contribution in [1.29, 1.82) is 5.26 Å². The number of carbonyl (C=O) groups excluding carboxylic acids is 4. The highest BCUT2D eigenvalue weighted by atomic mass is 16.5. The van der Waals surface area contributed by atoms with Crippen LogP contribution >= 0.6 is 0 Å². The Morgan fingerprint density at radius 2 is 1.49 bits per heavy atom. The van der Waals surface area contributed by atoms with Crippen LogP contribution in [0.25, 0.3) is 0 Å². The molecule has 9 heteroatoms. The summed E-state index contributed by atoms with van der Waals surface area (Å²) in [6.45, 7) is 3.88. The van der Waals surface area contributed by atoms with Crippen LogP contribution in [0.5, 0.6) is 0 Å². The number of hydrogen-bond donors (Lipinski definition) is 3. The molecule has 0 bridgehead atoms. The van der Waals surface area contributed by atoms with Crippen LogP contribution in [0.2, 0.25) is 0 Å². The van der Waals surface area contributed by atoms with E-state index in [-0.39, 0.29) is 31.8 Å². The van der Waals surface area contributed by atoms with Crippen molar-refractivity contribution in [2.24, 2.45) is 5.92 Å². The molecule has 0 aliphatic heterocycles. The van der Waals surface area contributed by atoms with Gasteiger partial charge in [-0.1, -0.05) is 74.5 Å². The number of nitriles is 1. The average molecular weight is 507 g/mol. The Balaban J connectivity index is 2.12. The molecular formula is C28H34N4O5. The molecule has 0 saturated carbocycles. The third-order valence-electron chi connectivity index (χ3n) is 5.50. The van der Waals surface area contributed by atoms with Gasteiger partial charge in [-0.2, -0.15) is 5.26 Å². The van der Waals surface area contributed by atoms with Gasteiger partial charge in [0, 0.05) is 12.8 Å². The standard InChI is InChI=1S/C28H34N4O5/c1-20(2)16-24(32-28(36)37-19-22-12-7-4-8-13-22)27(35)31-25(17-21-10-5-3-6-11-21)26(34)30-23(18-33)14-9-15-29/h3-8,10-13,18,20,23-25H,9,14,16-17,19H2,1-2H3,(H,30,34)(H,31,35)(H,32,36)/t23-,24-,25-/m0/s1. The van der Waals surface area contributed by atoms with E-state index >= 15 is 0 Å². The van der Waals surface area contributed by atoms with Crippen LogP contribution in [0.1, 0.15) is 44.2 Å². The maximum atomic E-state index is 13.2. The number of ether oxygens (including phenoxy) is 1. The Morgan fingerprint density at radius 3 is 2.05 bits per heavy atom. The second kappa shape index (κ2) is 15.7. The Bertz CT molecular complexity index is 1050. The maximum absolute atomic E-state index is 13.2. The van der Waals surface area contributed by atoms with Gasteiger partial charge in [-0.3, -0.25) is 9.59 Å². The summed E-state index contributed by atoms with van der Waals surface area (Å²) < 4.78 is 5.27. The first kappa shape index (κ1) is 29.0. The molecule has 0 radical (unpaired) electrons. The zero-order valence-electron chi connectivity index (χ0n) is 21.2. The van der Waals surface area contributed by atoms with Crippen molar-refractivity contribution in [1.82, 2.24) is 16.0 Å². The lowest BCUT2D eigenvalue weighted by atomic mass is 10.0. The van der Waals surface area contributed by atoms with Crippen molar-refractivity contribution in [2.75, 3.05) is 0 Å². The van der Waals surface area contributed by atoms with Gasteiger partial charge in [-0.05, 0) is 29.9 Å². The molecule has 3 N–H and O–H groups in total. The highest BCUT2D eigenvalue weighted by Crippen LogP contribution is 2.09. The van der Waals surface area contributed by atoms with Crippen LogP contribution in [-0.2, 0) is 32.1 Å². The van der Waals surface area contributed by atoms with Gasteiger partial charge in [0.25, 0.3) is 0 Å². The first-order valence-electron chi connectivity index (χ1n) is 12.3. The Hall–Kier alpha value is -4.19. The molecule has 3 atom stereocenters. The fraction of sp³-hybridized carbons (Fsp3) is 0.393. The third-order valence-corrected chi connectivity index (χ3v) is 5.50. The van der Waals surface area contributed by atoms with Crippen molar-refractivity contribution in [3.63, 3.8) is 0 Å². The van der Waals surface area contributed by atoms with Gasteiger partial charge in [0.1, 0.15) is 25.0 Å². The zero-order chi connectivity index (χ0) is 27.0. The summed E-state index contributed by atoms with van der Waals surface area (Å²) in [6.07, 6.45) is 0.599. The summed E-state index contributed by atoms with van der Waals surface area (Å²) in [5.74, 6) is -1.03. The number of alkyl carbamates (subject to hydrolysis) is 1. The van der Waals surface area contributed by atoms with Crippen LogP contribution in [-0.4, -0.2) is 42.3 Å². The van der Waals surface area contributed by atoms with Crippen LogP contribution < -0.4 is 16.0 Å². The van der Waals surface area contributed by atoms with E-state index in [0.717, 1.165) is 11.1 Å². The summed E-state index contributed by atoms with van der Waals surface area (Å²) in [6, 6.07) is 17.4. The number of nitrogens with zero attached hydrogens (tertiary/aromatic N) is 1. The molecule has 0 fully saturated rings. The topological polar surface area (TPSA) is 137 Å². The quantitative estimate of drug-likeness (QED) is 0.337. The molecule has 9 nitrogen and oxygen atoms in total. The predicted molar refractivity (Wildman–Crippen MR) is 138 cm³/mol. The van der Waals surface area contributed by atoms with Gasteiger partial charge < -0.3 is 25.5 Å². The Morgan fingerprint density at radius 1 is 0.892 bits per heavy atom. The zero-order valence-corrected chi connectivity index (χ0v) is 21.2. The van der Waals surface area contributed by atoms with Crippen molar-refractivity contribution < 1.29 is 23.9 Å². The van der Waals surface area contributed by atoms with Gasteiger partial charge >= 0.3 is 6.09 Å². The number of nitrogens with one attached hydrogen (secondary N) is 3. The van der Waals surface area contributed by atoms with Crippen LogP contribution in [0.15, 0.2) is 60.7 Å². The summed E-state index contributed by atoms with van der Waals surface area (Å²) in [5, 5.41) is 16.7. The van der Waals surface area contributed by atoms with E-state index < -0.39 is 36.0 Å². The molecule has 3 amide bonds. The number of hydrogen-bond acceptors (Lipinski definition) is 6. The lowest BCUT2D eigenvalue weighted by Crippen LogP contribution is -2.56. The first-order chi connectivity index (χ1) is 17.8. The molecule has 0 saturated heterocycles. The van der Waals surface area contributed by atoms with Crippen molar-refractivity contribution in [3.8, 4) is 6.07 Å². The third kappa shape index (κ3) is 10.9. The van der Waals surface area contributed by atoms with Crippen LogP contribution in [0, 0.1) is 17.2 Å². The van der Waals surface area contributed by atoms with Gasteiger partial charge in [0.05, 0.1) is 12.1 Å². The predicted octanol–water partition coefficient (Wildman–Crippen LogP) is 3.04. The fourth-order valence-electron chi connectivity index (χ4n) is 3.62. The van der Waals surface area contributed by atoms with Gasteiger partial charge in [-0.25, -0.2) is 4.79 Å². The van der Waals surface area contributed by atoms with E-state index in [0.29, 0.717) is 12.7 Å². The first-order valence-corrected chi connectivity index (χ1v) is 12.3. The van der Waals surface area contributed by atoms with E-state index in [9.17, 15) is 19.2 Å². The lowest BCUT2D eigenvalue weighted by molar-refractivity contribution is -0.131. The molecule has 2 aromatic rings. The van der Waals surface area contributed by atoms with Crippen LogP contribution in [0.3, 0.4) is 0 Å². The van der Waals surface area contributed by atoms with Crippen molar-refractivity contribution >= 4 is 24.2 Å². The molecule has 0 heterocycles. The summed E-state index contributed by atoms with van der Waals surface area (Å²) in [7, 11) is 0. The van der Waals surface area contributed by atoms with Crippen LogP contribution in [0.4, 0.5) is 4.79 Å². The second-order valence-corrected chi connectivity index (χ2v) is 9.09. The summed E-state index contributed by atoms with van der Waals surface area (Å²) in [5.41, 5.74) is 1.61. The number of benzene rings is 2. The molecule has 0 aliphatic rings. The molecule has 2 aromatic carbocycles. The lowest BCUT2D eigenvalue weighted by Gasteiger charge is -2.25. The molecule has 0 aromatic heterocycles. The monoisotopic (exact) mass is 506 g/mol. The molecule has 0 aliphatic carbocycles. The molecule has 2 rings (SSSR count). The highest BCUT2D eigenvalue weighted by molar-refractivity contribution is 5.92. The summed E-state index contributed by atoms with van der Waals surface area (Å²) >= 11 is 0. The van der Waals surface area contributed by atoms with E-state index in [1.165, 1.54) is 0 Å². The minimum Gasteiger partial charge on any atom is -0.445 e. The largest absolute Gasteiger partial charge is 0.445 e. The number of aldehydes is 1. The number of carbonyl (C=O) groups is 4. The molecule has 37 heavy (non-hydrogen) atoms. The normalized spacial score (nSPS) is 12.9. The molecule has 196 valence electrons. The van der Waals surface area contributed by atoms with Crippen molar-refractivity contribution in [3.05, 3.63) is 71.8 Å².